The van der Waals surface area contributed by atoms with Crippen molar-refractivity contribution >= 4 is 5.97 Å². The van der Waals surface area contributed by atoms with Crippen LogP contribution in [-0.4, -0.2) is 21.0 Å². The van der Waals surface area contributed by atoms with Gasteiger partial charge in [-0.25, -0.2) is 4.98 Å². The Morgan fingerprint density at radius 3 is 2.55 bits per heavy atom. The van der Waals surface area contributed by atoms with E-state index in [1.807, 2.05) is 0 Å². The second-order valence-electron chi connectivity index (χ2n) is 7.06. The number of hydrogen-bond acceptors (Lipinski definition) is 2. The highest BCUT2D eigenvalue weighted by Gasteiger charge is 2.29. The lowest BCUT2D eigenvalue weighted by atomic mass is 9.87. The zero-order valence-corrected chi connectivity index (χ0v) is 13.3. The van der Waals surface area contributed by atoms with Gasteiger partial charge in [0.2, 0.25) is 0 Å². The van der Waals surface area contributed by atoms with E-state index in [0.717, 1.165) is 29.9 Å². The zero-order valence-electron chi connectivity index (χ0n) is 13.3. The molecule has 0 radical (unpaired) electrons. The summed E-state index contributed by atoms with van der Waals surface area (Å²) in [4.78, 5) is 19.3. The summed E-state index contributed by atoms with van der Waals surface area (Å²) in [6, 6.07) is 8.35. The van der Waals surface area contributed by atoms with E-state index >= 15 is 0 Å². The van der Waals surface area contributed by atoms with Gasteiger partial charge in [0.05, 0.1) is 5.69 Å². The van der Waals surface area contributed by atoms with Gasteiger partial charge in [0, 0.05) is 11.3 Å². The van der Waals surface area contributed by atoms with E-state index in [1.54, 1.807) is 0 Å². The number of aryl methyl sites for hydroxylation is 1. The number of carboxylic acids is 1. The predicted molar refractivity (Wildman–Crippen MR) is 86.0 cm³/mol. The van der Waals surface area contributed by atoms with Crippen molar-refractivity contribution in [3.05, 3.63) is 41.2 Å². The molecule has 0 bridgehead atoms. The third-order valence-electron chi connectivity index (χ3n) is 4.38. The van der Waals surface area contributed by atoms with Gasteiger partial charge in [-0.3, -0.25) is 4.79 Å². The minimum Gasteiger partial charge on any atom is -0.481 e. The maximum Gasteiger partial charge on any atom is 0.312 e. The largest absolute Gasteiger partial charge is 0.481 e. The van der Waals surface area contributed by atoms with Gasteiger partial charge in [0.1, 0.15) is 11.7 Å². The normalized spacial score (nSPS) is 18.0. The average molecular weight is 298 g/mol. The summed E-state index contributed by atoms with van der Waals surface area (Å²) in [5.41, 5.74) is 4.10. The van der Waals surface area contributed by atoms with Crippen molar-refractivity contribution in [1.82, 2.24) is 9.97 Å². The van der Waals surface area contributed by atoms with Crippen LogP contribution in [0.1, 0.15) is 56.5 Å². The van der Waals surface area contributed by atoms with Gasteiger partial charge >= 0.3 is 5.97 Å². The number of aliphatic carboxylic acids is 1. The molecule has 0 saturated carbocycles. The van der Waals surface area contributed by atoms with E-state index < -0.39 is 11.9 Å². The smallest absolute Gasteiger partial charge is 0.312 e. The first-order valence-electron chi connectivity index (χ1n) is 7.79. The molecule has 0 spiro atoms. The van der Waals surface area contributed by atoms with Crippen LogP contribution in [0.5, 0.6) is 0 Å². The first kappa shape index (κ1) is 14.8. The Kier molecular flexibility index (Phi) is 3.55. The molecule has 2 N–H and O–H groups in total. The lowest BCUT2D eigenvalue weighted by Crippen LogP contribution is -2.17. The number of carboxylic acid groups (broad SMARTS) is 1. The number of aromatic nitrogens is 2. The first-order valence-corrected chi connectivity index (χ1v) is 7.79. The summed E-state index contributed by atoms with van der Waals surface area (Å²) in [6.07, 6.45) is 2.45. The number of fused-ring (bicyclic) bond motifs is 1. The minimum atomic E-state index is -0.776. The van der Waals surface area contributed by atoms with Gasteiger partial charge in [0.15, 0.2) is 0 Å². The molecule has 1 unspecified atom stereocenters. The van der Waals surface area contributed by atoms with Crippen LogP contribution in [0, 0.1) is 0 Å². The van der Waals surface area contributed by atoms with Gasteiger partial charge < -0.3 is 10.1 Å². The summed E-state index contributed by atoms with van der Waals surface area (Å²) >= 11 is 0. The van der Waals surface area contributed by atoms with E-state index in [0.29, 0.717) is 12.1 Å². The molecule has 1 heterocycles. The van der Waals surface area contributed by atoms with Crippen LogP contribution in [0.15, 0.2) is 24.3 Å². The predicted octanol–water partition coefficient (Wildman–Crippen LogP) is 3.88. The highest BCUT2D eigenvalue weighted by molar-refractivity contribution is 5.76. The van der Waals surface area contributed by atoms with Crippen molar-refractivity contribution in [3.8, 4) is 11.4 Å². The van der Waals surface area contributed by atoms with Crippen LogP contribution in [0.25, 0.3) is 11.4 Å². The molecule has 22 heavy (non-hydrogen) atoms. The molecule has 0 aliphatic heterocycles. The fourth-order valence-corrected chi connectivity index (χ4v) is 3.03. The molecule has 2 aromatic rings. The maximum absolute atomic E-state index is 11.4. The van der Waals surface area contributed by atoms with E-state index in [9.17, 15) is 9.90 Å². The van der Waals surface area contributed by atoms with Gasteiger partial charge in [-0.15, -0.1) is 0 Å². The summed E-state index contributed by atoms with van der Waals surface area (Å²) in [5.74, 6) is -0.469. The number of carbonyl (C=O) groups is 1. The molecule has 4 nitrogen and oxygen atoms in total. The van der Waals surface area contributed by atoms with Crippen molar-refractivity contribution in [1.29, 1.82) is 0 Å². The van der Waals surface area contributed by atoms with Gasteiger partial charge in [-0.2, -0.15) is 0 Å². The number of imidazole rings is 1. The number of aromatic amines is 1. The molecule has 0 fully saturated rings. The summed E-state index contributed by atoms with van der Waals surface area (Å²) < 4.78 is 0. The van der Waals surface area contributed by atoms with Crippen molar-refractivity contribution in [2.75, 3.05) is 0 Å². The molecule has 1 aliphatic carbocycles. The van der Waals surface area contributed by atoms with Crippen LogP contribution >= 0.6 is 0 Å². The number of H-pyrrole nitrogens is 1. The Labute approximate surface area is 130 Å². The molecule has 0 amide bonds. The molecule has 3 rings (SSSR count). The molecule has 116 valence electrons. The quantitative estimate of drug-likeness (QED) is 0.884. The molecule has 0 saturated heterocycles. The average Bonchev–Trinajstić information content (AvgIpc) is 2.90. The fourth-order valence-electron chi connectivity index (χ4n) is 3.03. The Hall–Kier alpha value is -2.10. The van der Waals surface area contributed by atoms with Crippen LogP contribution in [0.3, 0.4) is 0 Å². The Morgan fingerprint density at radius 2 is 1.95 bits per heavy atom. The standard InChI is InChI=1S/C18H22N2O2/c1-18(2,3)12-9-7-11(8-10-12)16-19-14-6-4-5-13(17(21)22)15(14)20-16/h7-10,13H,4-6H2,1-3H3,(H,19,20)(H,21,22). The third-order valence-corrected chi connectivity index (χ3v) is 4.38. The third kappa shape index (κ3) is 2.65. The van der Waals surface area contributed by atoms with Crippen LogP contribution < -0.4 is 0 Å². The molecular weight excluding hydrogens is 276 g/mol. The molecular formula is C18H22N2O2. The van der Waals surface area contributed by atoms with E-state index in [1.165, 1.54) is 5.56 Å². The molecule has 1 aromatic carbocycles. The van der Waals surface area contributed by atoms with Gasteiger partial charge in [-0.05, 0) is 30.2 Å². The number of hydrogen-bond donors (Lipinski definition) is 2. The lowest BCUT2D eigenvalue weighted by molar-refractivity contribution is -0.139. The van der Waals surface area contributed by atoms with Crippen molar-refractivity contribution in [2.45, 2.75) is 51.4 Å². The Morgan fingerprint density at radius 1 is 1.27 bits per heavy atom. The number of nitrogens with one attached hydrogen (secondary N) is 1. The Bertz CT molecular complexity index is 693. The first-order chi connectivity index (χ1) is 10.4. The monoisotopic (exact) mass is 298 g/mol. The summed E-state index contributed by atoms with van der Waals surface area (Å²) in [7, 11) is 0. The Balaban J connectivity index is 1.95. The molecule has 1 aliphatic rings. The van der Waals surface area contributed by atoms with Crippen LogP contribution in [-0.2, 0) is 16.6 Å². The highest BCUT2D eigenvalue weighted by atomic mass is 16.4. The number of rotatable bonds is 2. The zero-order chi connectivity index (χ0) is 15.9. The summed E-state index contributed by atoms with van der Waals surface area (Å²) in [5, 5.41) is 9.34. The second kappa shape index (κ2) is 5.27. The number of benzene rings is 1. The lowest BCUT2D eigenvalue weighted by Gasteiger charge is -2.18. The summed E-state index contributed by atoms with van der Waals surface area (Å²) in [6.45, 7) is 6.56. The highest BCUT2D eigenvalue weighted by Crippen LogP contribution is 2.33. The fraction of sp³-hybridized carbons (Fsp3) is 0.444. The van der Waals surface area contributed by atoms with Crippen LogP contribution in [0.2, 0.25) is 0 Å². The molecule has 1 aromatic heterocycles. The maximum atomic E-state index is 11.4. The second-order valence-corrected chi connectivity index (χ2v) is 7.06. The van der Waals surface area contributed by atoms with Crippen molar-refractivity contribution < 1.29 is 9.90 Å². The van der Waals surface area contributed by atoms with E-state index in [-0.39, 0.29) is 5.41 Å². The SMILES string of the molecule is CC(C)(C)c1ccc(-c2nc3c([nH]2)CCCC3C(=O)O)cc1. The molecule has 1 atom stereocenters. The minimum absolute atomic E-state index is 0.120. The van der Waals surface area contributed by atoms with Crippen molar-refractivity contribution in [3.63, 3.8) is 0 Å². The van der Waals surface area contributed by atoms with Gasteiger partial charge in [-0.1, -0.05) is 45.0 Å². The van der Waals surface area contributed by atoms with Crippen molar-refractivity contribution in [2.24, 2.45) is 0 Å². The van der Waals surface area contributed by atoms with Gasteiger partial charge in [0.25, 0.3) is 0 Å². The van der Waals surface area contributed by atoms with E-state index in [4.69, 9.17) is 0 Å². The van der Waals surface area contributed by atoms with Crippen LogP contribution in [0.4, 0.5) is 0 Å². The number of nitrogens with zero attached hydrogens (tertiary/aromatic N) is 1. The topological polar surface area (TPSA) is 66.0 Å². The van der Waals surface area contributed by atoms with E-state index in [2.05, 4.69) is 55.0 Å². The molecule has 4 heteroatoms.